The van der Waals surface area contributed by atoms with Gasteiger partial charge in [0.2, 0.25) is 0 Å². The number of carbonyl (C=O) groups excluding carboxylic acids is 2. The van der Waals surface area contributed by atoms with Gasteiger partial charge in [-0.25, -0.2) is 9.18 Å². The van der Waals surface area contributed by atoms with Crippen LogP contribution in [-0.2, 0) is 0 Å². The first kappa shape index (κ1) is 20.2. The van der Waals surface area contributed by atoms with E-state index in [1.54, 1.807) is 18.2 Å². The fraction of sp³-hybridized carbons (Fsp3) is 0.294. The summed E-state index contributed by atoms with van der Waals surface area (Å²) in [6.07, 6.45) is 1.90. The Morgan fingerprint density at radius 3 is 2.77 bits per heavy atom. The molecule has 26 heavy (non-hydrogen) atoms. The first-order valence-electron chi connectivity index (χ1n) is 8.01. The molecule has 0 spiro atoms. The highest BCUT2D eigenvalue weighted by Gasteiger charge is 2.22. The van der Waals surface area contributed by atoms with Crippen molar-refractivity contribution in [3.63, 3.8) is 0 Å². The zero-order valence-electron chi connectivity index (χ0n) is 13.9. The molecule has 3 amide bonds. The van der Waals surface area contributed by atoms with Crippen molar-refractivity contribution in [1.29, 1.82) is 0 Å². The summed E-state index contributed by atoms with van der Waals surface area (Å²) >= 11 is 1.19. The molecule has 0 radical (unpaired) electrons. The SMILES string of the molecule is Cl.NC(=O)Nc1cc(-c2cccc(F)c2)sc1C(=O)N[C@H]1CCCNC1. The highest BCUT2D eigenvalue weighted by molar-refractivity contribution is 7.18. The minimum atomic E-state index is -0.753. The molecule has 0 unspecified atom stereocenters. The number of hydrogen-bond acceptors (Lipinski definition) is 4. The summed E-state index contributed by atoms with van der Waals surface area (Å²) in [5.74, 6) is -0.639. The number of rotatable bonds is 4. The fourth-order valence-corrected chi connectivity index (χ4v) is 3.81. The third-order valence-corrected chi connectivity index (χ3v) is 5.12. The van der Waals surface area contributed by atoms with Gasteiger partial charge in [0.05, 0.1) is 5.69 Å². The first-order chi connectivity index (χ1) is 12.0. The lowest BCUT2D eigenvalue weighted by atomic mass is 10.1. The number of halogens is 2. The number of hydrogen-bond donors (Lipinski definition) is 4. The Morgan fingerprint density at radius 1 is 1.31 bits per heavy atom. The summed E-state index contributed by atoms with van der Waals surface area (Å²) in [4.78, 5) is 24.9. The van der Waals surface area contributed by atoms with Crippen LogP contribution in [-0.4, -0.2) is 31.1 Å². The lowest BCUT2D eigenvalue weighted by Crippen LogP contribution is -2.45. The van der Waals surface area contributed by atoms with Crippen LogP contribution in [0.3, 0.4) is 0 Å². The first-order valence-corrected chi connectivity index (χ1v) is 8.82. The molecule has 1 saturated heterocycles. The smallest absolute Gasteiger partial charge is 0.316 e. The maximum Gasteiger partial charge on any atom is 0.316 e. The van der Waals surface area contributed by atoms with E-state index in [0.717, 1.165) is 19.4 Å². The Morgan fingerprint density at radius 2 is 2.12 bits per heavy atom. The van der Waals surface area contributed by atoms with Gasteiger partial charge in [0.1, 0.15) is 10.7 Å². The van der Waals surface area contributed by atoms with Crippen LogP contribution in [0.25, 0.3) is 10.4 Å². The van der Waals surface area contributed by atoms with Crippen LogP contribution in [0.2, 0.25) is 0 Å². The molecule has 0 saturated carbocycles. The number of amides is 3. The van der Waals surface area contributed by atoms with E-state index < -0.39 is 6.03 Å². The van der Waals surface area contributed by atoms with Gasteiger partial charge < -0.3 is 21.7 Å². The van der Waals surface area contributed by atoms with Crippen molar-refractivity contribution in [1.82, 2.24) is 10.6 Å². The second kappa shape index (κ2) is 8.98. The minimum Gasteiger partial charge on any atom is -0.351 e. The molecule has 0 aliphatic carbocycles. The number of carbonyl (C=O) groups is 2. The lowest BCUT2D eigenvalue weighted by molar-refractivity contribution is 0.0935. The third-order valence-electron chi connectivity index (χ3n) is 3.94. The van der Waals surface area contributed by atoms with Crippen LogP contribution in [0.15, 0.2) is 30.3 Å². The molecule has 5 N–H and O–H groups in total. The molecule has 3 rings (SSSR count). The van der Waals surface area contributed by atoms with E-state index in [1.165, 1.54) is 23.5 Å². The van der Waals surface area contributed by atoms with Crippen molar-refractivity contribution in [2.24, 2.45) is 5.73 Å². The van der Waals surface area contributed by atoms with E-state index in [0.29, 0.717) is 27.5 Å². The average molecular weight is 399 g/mol. The summed E-state index contributed by atoms with van der Waals surface area (Å²) in [6, 6.07) is 7.00. The number of thiophene rings is 1. The molecule has 1 fully saturated rings. The van der Waals surface area contributed by atoms with Crippen LogP contribution in [0.1, 0.15) is 22.5 Å². The quantitative estimate of drug-likeness (QED) is 0.637. The van der Waals surface area contributed by atoms with Gasteiger partial charge in [0.15, 0.2) is 0 Å². The second-order valence-electron chi connectivity index (χ2n) is 5.87. The van der Waals surface area contributed by atoms with Gasteiger partial charge in [0.25, 0.3) is 5.91 Å². The maximum atomic E-state index is 13.5. The van der Waals surface area contributed by atoms with Crippen LogP contribution >= 0.6 is 23.7 Å². The Balaban J connectivity index is 0.00000243. The molecule has 1 atom stereocenters. The van der Waals surface area contributed by atoms with Gasteiger partial charge in [-0.1, -0.05) is 12.1 Å². The van der Waals surface area contributed by atoms with Crippen molar-refractivity contribution in [2.75, 3.05) is 18.4 Å². The molecule has 140 valence electrons. The van der Waals surface area contributed by atoms with Crippen LogP contribution in [0, 0.1) is 5.82 Å². The summed E-state index contributed by atoms with van der Waals surface area (Å²) in [6.45, 7) is 1.66. The molecule has 1 aromatic heterocycles. The number of primary amides is 1. The van der Waals surface area contributed by atoms with E-state index in [2.05, 4.69) is 16.0 Å². The molecule has 2 aromatic rings. The van der Waals surface area contributed by atoms with E-state index in [1.807, 2.05) is 0 Å². The molecule has 2 heterocycles. The van der Waals surface area contributed by atoms with Gasteiger partial charge in [-0.2, -0.15) is 0 Å². The largest absolute Gasteiger partial charge is 0.351 e. The van der Waals surface area contributed by atoms with Crippen LogP contribution < -0.4 is 21.7 Å². The zero-order chi connectivity index (χ0) is 17.8. The van der Waals surface area contributed by atoms with Crippen LogP contribution in [0.5, 0.6) is 0 Å². The molecular formula is C17H20ClFN4O2S. The predicted octanol–water partition coefficient (Wildman–Crippen LogP) is 2.95. The predicted molar refractivity (Wildman–Crippen MR) is 104 cm³/mol. The number of anilines is 1. The molecule has 9 heteroatoms. The van der Waals surface area contributed by atoms with Gasteiger partial charge in [0, 0.05) is 17.5 Å². The highest BCUT2D eigenvalue weighted by Crippen LogP contribution is 2.35. The second-order valence-corrected chi connectivity index (χ2v) is 6.92. The Kier molecular flexibility index (Phi) is 6.96. The normalized spacial score (nSPS) is 16.4. The third kappa shape index (κ3) is 4.94. The average Bonchev–Trinajstić information content (AvgIpc) is 2.99. The van der Waals surface area contributed by atoms with E-state index in [4.69, 9.17) is 5.73 Å². The standard InChI is InChI=1S/C17H19FN4O2S.ClH/c18-11-4-1-3-10(7-11)14-8-13(22-17(19)24)15(25-14)16(23)21-12-5-2-6-20-9-12;/h1,3-4,7-8,12,20H,2,5-6,9H2,(H,21,23)(H3,19,22,24);1H/t12-;/m0./s1. The molecular weight excluding hydrogens is 379 g/mol. The summed E-state index contributed by atoms with van der Waals surface area (Å²) in [5, 5.41) is 8.68. The lowest BCUT2D eigenvalue weighted by Gasteiger charge is -2.23. The molecule has 1 aliphatic rings. The zero-order valence-corrected chi connectivity index (χ0v) is 15.5. The number of piperidine rings is 1. The van der Waals surface area contributed by atoms with Crippen molar-refractivity contribution in [2.45, 2.75) is 18.9 Å². The van der Waals surface area contributed by atoms with Crippen LogP contribution in [0.4, 0.5) is 14.9 Å². The summed E-state index contributed by atoms with van der Waals surface area (Å²) in [7, 11) is 0. The summed E-state index contributed by atoms with van der Waals surface area (Å²) in [5.41, 5.74) is 6.17. The van der Waals surface area contributed by atoms with Crippen molar-refractivity contribution in [3.8, 4) is 10.4 Å². The van der Waals surface area contributed by atoms with Crippen molar-refractivity contribution >= 4 is 41.4 Å². The summed E-state index contributed by atoms with van der Waals surface area (Å²) < 4.78 is 13.5. The maximum absolute atomic E-state index is 13.5. The molecule has 6 nitrogen and oxygen atoms in total. The number of nitrogens with two attached hydrogens (primary N) is 1. The molecule has 1 aromatic carbocycles. The van der Waals surface area contributed by atoms with E-state index >= 15 is 0 Å². The van der Waals surface area contributed by atoms with Gasteiger partial charge in [-0.05, 0) is 43.1 Å². The molecule has 1 aliphatic heterocycles. The molecule has 0 bridgehead atoms. The van der Waals surface area contributed by atoms with Crippen molar-refractivity contribution < 1.29 is 14.0 Å². The number of nitrogens with one attached hydrogen (secondary N) is 3. The van der Waals surface area contributed by atoms with Gasteiger partial charge >= 0.3 is 6.03 Å². The van der Waals surface area contributed by atoms with Gasteiger partial charge in [-0.3, -0.25) is 4.79 Å². The topological polar surface area (TPSA) is 96.2 Å². The Bertz CT molecular complexity index is 793. The Hall–Kier alpha value is -2.16. The minimum absolute atomic E-state index is 0. The Labute approximate surface area is 160 Å². The number of urea groups is 1. The number of benzene rings is 1. The van der Waals surface area contributed by atoms with Crippen molar-refractivity contribution in [3.05, 3.63) is 41.0 Å². The van der Waals surface area contributed by atoms with E-state index in [-0.39, 0.29) is 30.2 Å². The van der Waals surface area contributed by atoms with Gasteiger partial charge in [-0.15, -0.1) is 23.7 Å². The van der Waals surface area contributed by atoms with E-state index in [9.17, 15) is 14.0 Å². The monoisotopic (exact) mass is 398 g/mol. The fourth-order valence-electron chi connectivity index (χ4n) is 2.80. The highest BCUT2D eigenvalue weighted by atomic mass is 35.5.